The summed E-state index contributed by atoms with van der Waals surface area (Å²) < 4.78 is 53.3. The van der Waals surface area contributed by atoms with Crippen LogP contribution in [0.15, 0.2) is 40.9 Å². The molecule has 2 aliphatic heterocycles. The summed E-state index contributed by atoms with van der Waals surface area (Å²) in [4.78, 5) is 16.4. The fourth-order valence-corrected chi connectivity index (χ4v) is 4.42. The third-order valence-electron chi connectivity index (χ3n) is 5.68. The second-order valence-electron chi connectivity index (χ2n) is 8.17. The number of carbonyl (C=O) groups excluding carboxylic acids is 1. The van der Waals surface area contributed by atoms with E-state index in [9.17, 15) is 22.4 Å². The van der Waals surface area contributed by atoms with Crippen LogP contribution in [0.5, 0.6) is 0 Å². The maximum Gasteiger partial charge on any atom is 0.416 e. The average molecular weight is 471 g/mol. The summed E-state index contributed by atoms with van der Waals surface area (Å²) in [5.41, 5.74) is 0.416. The molecule has 0 aromatic heterocycles. The monoisotopic (exact) mass is 470 g/mol. The number of nitrogens with zero attached hydrogens (tertiary/aromatic N) is 2. The predicted molar refractivity (Wildman–Crippen MR) is 107 cm³/mol. The highest BCUT2D eigenvalue weighted by atomic mass is 79.9. The van der Waals surface area contributed by atoms with E-state index in [1.54, 1.807) is 9.80 Å². The van der Waals surface area contributed by atoms with Crippen molar-refractivity contribution < 1.29 is 22.4 Å². The molecule has 0 radical (unpaired) electrons. The number of rotatable bonds is 3. The summed E-state index contributed by atoms with van der Waals surface area (Å²) >= 11 is 3.44. The van der Waals surface area contributed by atoms with Crippen molar-refractivity contribution in [1.29, 1.82) is 0 Å². The molecular weight excluding hydrogens is 452 g/mol. The molecule has 2 aromatic rings. The second-order valence-corrected chi connectivity index (χ2v) is 9.08. The Morgan fingerprint density at radius 1 is 1.14 bits per heavy atom. The SMILES string of the molecule is CC1(C)C(=O)N(CC2CN(c3cc(F)cc(C(F)(F)F)c3)C2)c2cc(Br)ccc21. The highest BCUT2D eigenvalue weighted by Crippen LogP contribution is 2.44. The van der Waals surface area contributed by atoms with E-state index in [1.165, 1.54) is 0 Å². The smallest absolute Gasteiger partial charge is 0.371 e. The van der Waals surface area contributed by atoms with Gasteiger partial charge in [-0.2, -0.15) is 13.2 Å². The summed E-state index contributed by atoms with van der Waals surface area (Å²) in [5, 5.41) is 0. The van der Waals surface area contributed by atoms with Gasteiger partial charge >= 0.3 is 6.18 Å². The van der Waals surface area contributed by atoms with Crippen LogP contribution in [-0.2, 0) is 16.4 Å². The van der Waals surface area contributed by atoms with E-state index < -0.39 is 23.0 Å². The highest BCUT2D eigenvalue weighted by Gasteiger charge is 2.45. The number of hydrogen-bond donors (Lipinski definition) is 0. The van der Waals surface area contributed by atoms with Crippen LogP contribution in [0.25, 0.3) is 0 Å². The first-order valence-electron chi connectivity index (χ1n) is 9.21. The molecule has 2 aromatic carbocycles. The molecular formula is C21H19BrF4N2O. The Bertz CT molecular complexity index is 983. The standard InChI is InChI=1S/C21H19BrF4N2O/c1-20(2)17-4-3-14(22)7-18(17)28(19(20)29)11-12-9-27(10-12)16-6-13(21(24,25)26)5-15(23)8-16/h3-8,12H,9-11H2,1-2H3. The second kappa shape index (κ2) is 6.72. The van der Waals surface area contributed by atoms with Gasteiger partial charge < -0.3 is 9.80 Å². The minimum absolute atomic E-state index is 0.00848. The lowest BCUT2D eigenvalue weighted by Gasteiger charge is -2.43. The van der Waals surface area contributed by atoms with Crippen LogP contribution < -0.4 is 9.80 Å². The number of carbonyl (C=O) groups is 1. The van der Waals surface area contributed by atoms with Gasteiger partial charge in [-0.1, -0.05) is 22.0 Å². The number of alkyl halides is 3. The van der Waals surface area contributed by atoms with E-state index in [-0.39, 0.29) is 17.5 Å². The molecule has 0 spiro atoms. The fraction of sp³-hybridized carbons (Fsp3) is 0.381. The van der Waals surface area contributed by atoms with E-state index >= 15 is 0 Å². The van der Waals surface area contributed by atoms with Gasteiger partial charge in [0.2, 0.25) is 5.91 Å². The highest BCUT2D eigenvalue weighted by molar-refractivity contribution is 9.10. The lowest BCUT2D eigenvalue weighted by Crippen LogP contribution is -2.53. The molecule has 0 unspecified atom stereocenters. The zero-order valence-electron chi connectivity index (χ0n) is 15.9. The Labute approximate surface area is 174 Å². The molecule has 1 saturated heterocycles. The fourth-order valence-electron chi connectivity index (χ4n) is 4.07. The van der Waals surface area contributed by atoms with Crippen molar-refractivity contribution in [2.75, 3.05) is 29.4 Å². The van der Waals surface area contributed by atoms with Crippen molar-refractivity contribution in [3.05, 3.63) is 57.8 Å². The van der Waals surface area contributed by atoms with Crippen LogP contribution in [0.2, 0.25) is 0 Å². The minimum Gasteiger partial charge on any atom is -0.371 e. The molecule has 1 amide bonds. The Hall–Kier alpha value is -2.09. The van der Waals surface area contributed by atoms with Crippen LogP contribution >= 0.6 is 15.9 Å². The molecule has 0 atom stereocenters. The van der Waals surface area contributed by atoms with Crippen molar-refractivity contribution in [3.63, 3.8) is 0 Å². The predicted octanol–water partition coefficient (Wildman–Crippen LogP) is 5.37. The molecule has 0 saturated carbocycles. The zero-order chi connectivity index (χ0) is 21.1. The van der Waals surface area contributed by atoms with Crippen molar-refractivity contribution in [3.8, 4) is 0 Å². The number of amides is 1. The molecule has 1 fully saturated rings. The van der Waals surface area contributed by atoms with Crippen molar-refractivity contribution in [2.45, 2.75) is 25.4 Å². The van der Waals surface area contributed by atoms with Gasteiger partial charge in [0, 0.05) is 41.4 Å². The summed E-state index contributed by atoms with van der Waals surface area (Å²) in [6.07, 6.45) is -4.59. The maximum atomic E-state index is 13.7. The van der Waals surface area contributed by atoms with Gasteiger partial charge in [-0.15, -0.1) is 0 Å². The van der Waals surface area contributed by atoms with Crippen LogP contribution in [0.1, 0.15) is 25.0 Å². The van der Waals surface area contributed by atoms with Gasteiger partial charge in [0.05, 0.1) is 11.0 Å². The van der Waals surface area contributed by atoms with Crippen LogP contribution in [0, 0.1) is 11.7 Å². The lowest BCUT2D eigenvalue weighted by atomic mass is 9.86. The Morgan fingerprint density at radius 3 is 2.48 bits per heavy atom. The Kier molecular flexibility index (Phi) is 4.68. The number of halogens is 5. The molecule has 0 N–H and O–H groups in total. The van der Waals surface area contributed by atoms with Crippen molar-refractivity contribution in [1.82, 2.24) is 0 Å². The summed E-state index contributed by atoms with van der Waals surface area (Å²) in [6, 6.07) is 8.35. The molecule has 0 bridgehead atoms. The number of anilines is 2. The average Bonchev–Trinajstić information content (AvgIpc) is 2.76. The quantitative estimate of drug-likeness (QED) is 0.563. The summed E-state index contributed by atoms with van der Waals surface area (Å²) in [7, 11) is 0. The minimum atomic E-state index is -4.59. The number of benzene rings is 2. The molecule has 29 heavy (non-hydrogen) atoms. The van der Waals surface area contributed by atoms with Crippen LogP contribution in [0.3, 0.4) is 0 Å². The van der Waals surface area contributed by atoms with Gasteiger partial charge in [-0.3, -0.25) is 4.79 Å². The van der Waals surface area contributed by atoms with Gasteiger partial charge in [0.15, 0.2) is 0 Å². The third-order valence-corrected chi connectivity index (χ3v) is 6.17. The van der Waals surface area contributed by atoms with E-state index in [2.05, 4.69) is 15.9 Å². The Balaban J connectivity index is 1.49. The van der Waals surface area contributed by atoms with E-state index in [0.717, 1.165) is 27.9 Å². The topological polar surface area (TPSA) is 23.6 Å². The lowest BCUT2D eigenvalue weighted by molar-refractivity contribution is -0.137. The van der Waals surface area contributed by atoms with Gasteiger partial charge in [-0.05, 0) is 49.7 Å². The van der Waals surface area contributed by atoms with Gasteiger partial charge in [-0.25, -0.2) is 4.39 Å². The molecule has 8 heteroatoms. The molecule has 2 heterocycles. The molecule has 4 rings (SSSR count). The van der Waals surface area contributed by atoms with Crippen LogP contribution in [-0.4, -0.2) is 25.5 Å². The number of fused-ring (bicyclic) bond motifs is 1. The van der Waals surface area contributed by atoms with Crippen molar-refractivity contribution in [2.24, 2.45) is 5.92 Å². The largest absolute Gasteiger partial charge is 0.416 e. The zero-order valence-corrected chi connectivity index (χ0v) is 17.4. The van der Waals surface area contributed by atoms with Crippen LogP contribution in [0.4, 0.5) is 28.9 Å². The summed E-state index contributed by atoms with van der Waals surface area (Å²) in [5.74, 6) is -0.806. The first kappa shape index (κ1) is 20.2. The van der Waals surface area contributed by atoms with E-state index in [1.807, 2.05) is 32.0 Å². The maximum absolute atomic E-state index is 13.7. The first-order valence-corrected chi connectivity index (χ1v) is 10.0. The summed E-state index contributed by atoms with van der Waals surface area (Å²) in [6.45, 7) is 5.19. The van der Waals surface area contributed by atoms with E-state index in [0.29, 0.717) is 25.7 Å². The molecule has 154 valence electrons. The molecule has 0 aliphatic carbocycles. The van der Waals surface area contributed by atoms with E-state index in [4.69, 9.17) is 0 Å². The first-order chi connectivity index (χ1) is 13.5. The molecule has 2 aliphatic rings. The van der Waals surface area contributed by atoms with Gasteiger partial charge in [0.1, 0.15) is 5.82 Å². The number of hydrogen-bond acceptors (Lipinski definition) is 2. The van der Waals surface area contributed by atoms with Crippen molar-refractivity contribution >= 4 is 33.2 Å². The Morgan fingerprint density at radius 2 is 1.83 bits per heavy atom. The third kappa shape index (κ3) is 3.52. The normalized spacial score (nSPS) is 18.8. The molecule has 3 nitrogen and oxygen atoms in total. The van der Waals surface area contributed by atoms with Gasteiger partial charge in [0.25, 0.3) is 0 Å².